The Labute approximate surface area is 106 Å². The lowest BCUT2D eigenvalue weighted by Crippen LogP contribution is -2.47. The van der Waals surface area contributed by atoms with Crippen LogP contribution in [0.3, 0.4) is 0 Å². The van der Waals surface area contributed by atoms with Crippen LogP contribution in [0.5, 0.6) is 0 Å². The Bertz CT molecular complexity index is 414. The third-order valence-corrected chi connectivity index (χ3v) is 3.80. The Morgan fingerprint density at radius 2 is 2.24 bits per heavy atom. The summed E-state index contributed by atoms with van der Waals surface area (Å²) in [7, 11) is 0. The van der Waals surface area contributed by atoms with E-state index in [2.05, 4.69) is 5.32 Å². The smallest absolute Gasteiger partial charge is 0.323 e. The van der Waals surface area contributed by atoms with Gasteiger partial charge in [0.05, 0.1) is 0 Å². The van der Waals surface area contributed by atoms with Crippen LogP contribution in [0.4, 0.5) is 0 Å². The maximum Gasteiger partial charge on any atom is 0.323 e. The number of rotatable bonds is 4. The fraction of sp³-hybridized carbons (Fsp3) is 0.462. The zero-order valence-electron chi connectivity index (χ0n) is 9.58. The molecule has 1 heterocycles. The molecule has 1 saturated heterocycles. The van der Waals surface area contributed by atoms with Gasteiger partial charge in [0.2, 0.25) is 0 Å². The molecule has 0 aromatic heterocycles. The summed E-state index contributed by atoms with van der Waals surface area (Å²) in [6.45, 7) is 0.787. The van der Waals surface area contributed by atoms with Crippen molar-refractivity contribution in [1.29, 1.82) is 0 Å². The number of carboxylic acid groups (broad SMARTS) is 1. The minimum atomic E-state index is -0.751. The number of carboxylic acids is 1. The summed E-state index contributed by atoms with van der Waals surface area (Å²) in [6, 6.07) is 7.60. The van der Waals surface area contributed by atoms with Crippen molar-refractivity contribution in [2.75, 3.05) is 6.54 Å². The summed E-state index contributed by atoms with van der Waals surface area (Å²) in [6.07, 6.45) is 2.91. The monoisotopic (exact) mass is 253 g/mol. The molecule has 1 aromatic rings. The summed E-state index contributed by atoms with van der Waals surface area (Å²) in [5.41, 5.74) is 0.266. The van der Waals surface area contributed by atoms with Crippen LogP contribution >= 0.6 is 11.6 Å². The average Bonchev–Trinajstić information content (AvgIpc) is 2.78. The molecule has 17 heavy (non-hydrogen) atoms. The lowest BCUT2D eigenvalue weighted by Gasteiger charge is -2.24. The molecule has 2 rings (SSSR count). The standard InChI is InChI=1S/C13H16ClNO2/c14-11-5-2-1-4-10(11)6-8-13(12(16)17)7-3-9-15-13/h1-2,4-5,15H,3,6-9H2,(H,16,17). The first kappa shape index (κ1) is 12.4. The number of hydrogen-bond acceptors (Lipinski definition) is 2. The Morgan fingerprint density at radius 3 is 2.82 bits per heavy atom. The zero-order valence-corrected chi connectivity index (χ0v) is 10.3. The summed E-state index contributed by atoms with van der Waals surface area (Å²) < 4.78 is 0. The van der Waals surface area contributed by atoms with Crippen molar-refractivity contribution in [3.63, 3.8) is 0 Å². The van der Waals surface area contributed by atoms with Crippen LogP contribution in [0.25, 0.3) is 0 Å². The van der Waals surface area contributed by atoms with Crippen molar-refractivity contribution < 1.29 is 9.90 Å². The van der Waals surface area contributed by atoms with Gasteiger partial charge in [0, 0.05) is 5.02 Å². The molecule has 3 nitrogen and oxygen atoms in total. The normalized spacial score (nSPS) is 23.8. The molecule has 4 heteroatoms. The van der Waals surface area contributed by atoms with Gasteiger partial charge < -0.3 is 10.4 Å². The molecule has 1 aliphatic heterocycles. The molecule has 0 bridgehead atoms. The highest BCUT2D eigenvalue weighted by Gasteiger charge is 2.40. The van der Waals surface area contributed by atoms with Gasteiger partial charge >= 0.3 is 5.97 Å². The Morgan fingerprint density at radius 1 is 1.47 bits per heavy atom. The minimum absolute atomic E-state index is 0.589. The van der Waals surface area contributed by atoms with Crippen LogP contribution in [-0.2, 0) is 11.2 Å². The van der Waals surface area contributed by atoms with Crippen LogP contribution in [0.1, 0.15) is 24.8 Å². The van der Waals surface area contributed by atoms with Gasteiger partial charge in [0.15, 0.2) is 0 Å². The van der Waals surface area contributed by atoms with E-state index < -0.39 is 11.5 Å². The van der Waals surface area contributed by atoms with Crippen LogP contribution < -0.4 is 5.32 Å². The molecule has 1 fully saturated rings. The Balaban J connectivity index is 2.06. The first-order chi connectivity index (χ1) is 8.14. The molecule has 0 amide bonds. The lowest BCUT2D eigenvalue weighted by atomic mass is 9.90. The van der Waals surface area contributed by atoms with E-state index >= 15 is 0 Å². The Kier molecular flexibility index (Phi) is 3.69. The third-order valence-electron chi connectivity index (χ3n) is 3.43. The molecule has 0 saturated carbocycles. The van der Waals surface area contributed by atoms with Crippen molar-refractivity contribution >= 4 is 17.6 Å². The van der Waals surface area contributed by atoms with E-state index in [0.29, 0.717) is 24.3 Å². The number of carbonyl (C=O) groups is 1. The number of aryl methyl sites for hydroxylation is 1. The van der Waals surface area contributed by atoms with Crippen molar-refractivity contribution in [3.05, 3.63) is 34.9 Å². The first-order valence-corrected chi connectivity index (χ1v) is 6.24. The second-order valence-electron chi connectivity index (χ2n) is 4.51. The van der Waals surface area contributed by atoms with E-state index in [4.69, 9.17) is 11.6 Å². The van der Waals surface area contributed by atoms with Gasteiger partial charge in [0.1, 0.15) is 5.54 Å². The van der Waals surface area contributed by atoms with E-state index in [-0.39, 0.29) is 0 Å². The zero-order chi connectivity index (χ0) is 12.3. The molecular formula is C13H16ClNO2. The number of halogens is 1. The largest absolute Gasteiger partial charge is 0.480 e. The van der Waals surface area contributed by atoms with Gasteiger partial charge in [-0.1, -0.05) is 29.8 Å². The average molecular weight is 254 g/mol. The second-order valence-corrected chi connectivity index (χ2v) is 4.92. The fourth-order valence-corrected chi connectivity index (χ4v) is 2.59. The predicted octanol–water partition coefficient (Wildman–Crippen LogP) is 2.48. The molecule has 2 N–H and O–H groups in total. The molecule has 1 aromatic carbocycles. The number of nitrogens with one attached hydrogen (secondary N) is 1. The summed E-state index contributed by atoms with van der Waals surface area (Å²) in [5.74, 6) is -0.748. The SMILES string of the molecule is O=C(O)C1(CCc2ccccc2Cl)CCCN1. The molecule has 0 spiro atoms. The summed E-state index contributed by atoms with van der Waals surface area (Å²) in [4.78, 5) is 11.3. The third kappa shape index (κ3) is 2.61. The van der Waals surface area contributed by atoms with Gasteiger partial charge in [-0.25, -0.2) is 0 Å². The first-order valence-electron chi connectivity index (χ1n) is 5.86. The van der Waals surface area contributed by atoms with Crippen LogP contribution in [0, 0.1) is 0 Å². The summed E-state index contributed by atoms with van der Waals surface area (Å²) >= 11 is 6.07. The minimum Gasteiger partial charge on any atom is -0.480 e. The fourth-order valence-electron chi connectivity index (χ4n) is 2.36. The van der Waals surface area contributed by atoms with Crippen molar-refractivity contribution in [1.82, 2.24) is 5.32 Å². The highest BCUT2D eigenvalue weighted by atomic mass is 35.5. The van der Waals surface area contributed by atoms with E-state index in [1.807, 2.05) is 24.3 Å². The topological polar surface area (TPSA) is 49.3 Å². The van der Waals surface area contributed by atoms with Gasteiger partial charge in [-0.3, -0.25) is 4.79 Å². The Hall–Kier alpha value is -1.06. The molecular weight excluding hydrogens is 238 g/mol. The van der Waals surface area contributed by atoms with Gasteiger partial charge in [-0.2, -0.15) is 0 Å². The van der Waals surface area contributed by atoms with Gasteiger partial charge in [-0.05, 0) is 43.9 Å². The van der Waals surface area contributed by atoms with E-state index in [0.717, 1.165) is 18.5 Å². The van der Waals surface area contributed by atoms with Crippen LogP contribution in [0.2, 0.25) is 5.02 Å². The predicted molar refractivity (Wildman–Crippen MR) is 67.4 cm³/mol. The van der Waals surface area contributed by atoms with Crippen LogP contribution in [0.15, 0.2) is 24.3 Å². The van der Waals surface area contributed by atoms with E-state index in [1.165, 1.54) is 0 Å². The maximum atomic E-state index is 11.3. The maximum absolute atomic E-state index is 11.3. The number of benzene rings is 1. The van der Waals surface area contributed by atoms with Crippen LogP contribution in [-0.4, -0.2) is 23.2 Å². The van der Waals surface area contributed by atoms with Gasteiger partial charge in [-0.15, -0.1) is 0 Å². The highest BCUT2D eigenvalue weighted by Crippen LogP contribution is 2.27. The number of aliphatic carboxylic acids is 1. The molecule has 1 unspecified atom stereocenters. The molecule has 1 aliphatic rings. The van der Waals surface area contributed by atoms with E-state index in [9.17, 15) is 9.90 Å². The second kappa shape index (κ2) is 5.07. The molecule has 0 aliphatic carbocycles. The van der Waals surface area contributed by atoms with Crippen molar-refractivity contribution in [2.45, 2.75) is 31.2 Å². The van der Waals surface area contributed by atoms with Crippen molar-refractivity contribution in [2.24, 2.45) is 0 Å². The molecule has 92 valence electrons. The lowest BCUT2D eigenvalue weighted by molar-refractivity contribution is -0.144. The summed E-state index contributed by atoms with van der Waals surface area (Å²) in [5, 5.41) is 13.1. The number of hydrogen-bond donors (Lipinski definition) is 2. The van der Waals surface area contributed by atoms with Crippen molar-refractivity contribution in [3.8, 4) is 0 Å². The molecule has 1 atom stereocenters. The quantitative estimate of drug-likeness (QED) is 0.867. The molecule has 0 radical (unpaired) electrons. The van der Waals surface area contributed by atoms with E-state index in [1.54, 1.807) is 0 Å². The highest BCUT2D eigenvalue weighted by molar-refractivity contribution is 6.31. The van der Waals surface area contributed by atoms with Gasteiger partial charge in [0.25, 0.3) is 0 Å².